The van der Waals surface area contributed by atoms with Gasteiger partial charge in [-0.3, -0.25) is 0 Å². The van der Waals surface area contributed by atoms with Crippen molar-refractivity contribution in [1.29, 1.82) is 0 Å². The Bertz CT molecular complexity index is 667. The third-order valence-electron chi connectivity index (χ3n) is 3.44. The van der Waals surface area contributed by atoms with Crippen molar-refractivity contribution in [1.82, 2.24) is 0 Å². The minimum absolute atomic E-state index is 0. The molecular formula is C30H35Zr-5. The van der Waals surface area contributed by atoms with Crippen molar-refractivity contribution < 1.29 is 26.2 Å². The summed E-state index contributed by atoms with van der Waals surface area (Å²) in [7, 11) is 0. The minimum atomic E-state index is 0. The molecule has 4 rings (SSSR count). The van der Waals surface area contributed by atoms with Gasteiger partial charge >= 0.3 is 0 Å². The second kappa shape index (κ2) is 23.8. The number of rotatable bonds is 1. The van der Waals surface area contributed by atoms with Gasteiger partial charge in [-0.1, -0.05) is 31.5 Å². The molecule has 0 radical (unpaired) electrons. The van der Waals surface area contributed by atoms with Gasteiger partial charge in [0.1, 0.15) is 0 Å². The molecule has 164 valence electrons. The fraction of sp³-hybridized carbons (Fsp3) is 0.100. The summed E-state index contributed by atoms with van der Waals surface area (Å²) in [4.78, 5) is 0. The van der Waals surface area contributed by atoms with Gasteiger partial charge in [-0.2, -0.15) is 98.5 Å². The summed E-state index contributed by atoms with van der Waals surface area (Å²) in [5.41, 5.74) is 3.22. The molecule has 4 aromatic rings. The molecule has 0 fully saturated rings. The number of unbranched alkanes of at least 4 members (excludes halogenated alkanes) is 1. The molecule has 31 heavy (non-hydrogen) atoms. The summed E-state index contributed by atoms with van der Waals surface area (Å²) >= 11 is 0. The van der Waals surface area contributed by atoms with E-state index in [4.69, 9.17) is 0 Å². The Balaban J connectivity index is 0. The zero-order valence-electron chi connectivity index (χ0n) is 18.8. The van der Waals surface area contributed by atoms with Gasteiger partial charge in [-0.05, 0) is 0 Å². The standard InChI is InChI=1S/3C7H7.C5H5.C4H9.Zr/c3*1-7-5-3-2-4-6-7;1-2-4-5-3-1;1-3-4-2;/h3*2-6H,1H2;1-5H;1,3-4H2,2H3;/q5*-1;. The van der Waals surface area contributed by atoms with Crippen molar-refractivity contribution in [3.05, 3.63) is 166 Å². The fourth-order valence-corrected chi connectivity index (χ4v) is 1.75. The number of benzene rings is 3. The van der Waals surface area contributed by atoms with Crippen LogP contribution >= 0.6 is 0 Å². The van der Waals surface area contributed by atoms with Crippen molar-refractivity contribution in [3.63, 3.8) is 0 Å². The van der Waals surface area contributed by atoms with Crippen molar-refractivity contribution in [2.45, 2.75) is 19.8 Å². The Morgan fingerprint density at radius 3 is 0.903 bits per heavy atom. The molecule has 0 spiro atoms. The predicted octanol–water partition coefficient (Wildman–Crippen LogP) is 8.63. The largest absolute Gasteiger partial charge is 0.343 e. The fourth-order valence-electron chi connectivity index (χ4n) is 1.75. The van der Waals surface area contributed by atoms with Crippen LogP contribution in [-0.2, 0) is 26.2 Å². The van der Waals surface area contributed by atoms with E-state index in [1.165, 1.54) is 6.42 Å². The van der Waals surface area contributed by atoms with E-state index >= 15 is 0 Å². The quantitative estimate of drug-likeness (QED) is 0.236. The van der Waals surface area contributed by atoms with E-state index in [0.29, 0.717) is 0 Å². The molecule has 0 aliphatic heterocycles. The maximum absolute atomic E-state index is 3.72. The van der Waals surface area contributed by atoms with Crippen LogP contribution in [0.25, 0.3) is 0 Å². The van der Waals surface area contributed by atoms with Crippen LogP contribution in [0.4, 0.5) is 0 Å². The normalized spacial score (nSPS) is 8.06. The van der Waals surface area contributed by atoms with Crippen LogP contribution < -0.4 is 0 Å². The van der Waals surface area contributed by atoms with Crippen LogP contribution in [0.3, 0.4) is 0 Å². The van der Waals surface area contributed by atoms with Crippen LogP contribution in [-0.4, -0.2) is 0 Å². The van der Waals surface area contributed by atoms with E-state index in [0.717, 1.165) is 23.1 Å². The van der Waals surface area contributed by atoms with Crippen molar-refractivity contribution in [2.24, 2.45) is 0 Å². The summed E-state index contributed by atoms with van der Waals surface area (Å²) in [6.07, 6.45) is 2.28. The molecule has 4 aromatic carbocycles. The molecule has 0 atom stereocenters. The van der Waals surface area contributed by atoms with Crippen molar-refractivity contribution in [2.75, 3.05) is 0 Å². The smallest absolute Gasteiger partial charge is 0 e. The second-order valence-electron chi connectivity index (χ2n) is 6.27. The van der Waals surface area contributed by atoms with Gasteiger partial charge in [0.15, 0.2) is 0 Å². The van der Waals surface area contributed by atoms with E-state index in [2.05, 4.69) is 34.6 Å². The van der Waals surface area contributed by atoms with Crippen LogP contribution in [0.5, 0.6) is 0 Å². The Morgan fingerprint density at radius 2 is 0.806 bits per heavy atom. The van der Waals surface area contributed by atoms with Crippen LogP contribution in [0, 0.1) is 27.7 Å². The summed E-state index contributed by atoms with van der Waals surface area (Å²) in [6.45, 7) is 16.9. The second-order valence-corrected chi connectivity index (χ2v) is 6.27. The monoisotopic (exact) mass is 485 g/mol. The van der Waals surface area contributed by atoms with E-state index in [-0.39, 0.29) is 26.2 Å². The summed E-state index contributed by atoms with van der Waals surface area (Å²) in [6, 6.07) is 39.6. The van der Waals surface area contributed by atoms with E-state index < -0.39 is 0 Å². The molecule has 0 saturated carbocycles. The number of hydrogen-bond acceptors (Lipinski definition) is 0. The van der Waals surface area contributed by atoms with Gasteiger partial charge in [0.25, 0.3) is 0 Å². The first-order chi connectivity index (χ1) is 14.6. The summed E-state index contributed by atoms with van der Waals surface area (Å²) < 4.78 is 0. The summed E-state index contributed by atoms with van der Waals surface area (Å²) in [5.74, 6) is 0. The van der Waals surface area contributed by atoms with Gasteiger partial charge in [-0.15, -0.1) is 36.4 Å². The maximum Gasteiger partial charge on any atom is 0 e. The molecule has 0 amide bonds. The van der Waals surface area contributed by atoms with Gasteiger partial charge < -0.3 is 6.92 Å². The molecule has 0 bridgehead atoms. The molecule has 1 heteroatoms. The van der Waals surface area contributed by atoms with Crippen LogP contribution in [0.2, 0.25) is 0 Å². The Hall–Kier alpha value is -2.50. The van der Waals surface area contributed by atoms with Gasteiger partial charge in [0.05, 0.1) is 0 Å². The molecule has 0 unspecified atom stereocenters. The van der Waals surface area contributed by atoms with E-state index in [9.17, 15) is 0 Å². The average Bonchev–Trinajstić information content (AvgIpc) is 3.37. The molecule has 0 aliphatic carbocycles. The Kier molecular flexibility index (Phi) is 23.5. The van der Waals surface area contributed by atoms with Crippen LogP contribution in [0.15, 0.2) is 121 Å². The Labute approximate surface area is 210 Å². The predicted molar refractivity (Wildman–Crippen MR) is 135 cm³/mol. The molecular weight excluding hydrogens is 452 g/mol. The first kappa shape index (κ1) is 30.7. The maximum atomic E-state index is 3.72. The first-order valence-corrected chi connectivity index (χ1v) is 10.2. The molecule has 0 heterocycles. The van der Waals surface area contributed by atoms with Crippen molar-refractivity contribution in [3.8, 4) is 0 Å². The van der Waals surface area contributed by atoms with Crippen molar-refractivity contribution >= 4 is 0 Å². The molecule has 0 saturated heterocycles. The van der Waals surface area contributed by atoms with E-state index in [1.54, 1.807) is 0 Å². The van der Waals surface area contributed by atoms with Gasteiger partial charge in [0, 0.05) is 26.2 Å². The van der Waals surface area contributed by atoms with E-state index in [1.807, 2.05) is 121 Å². The molecule has 0 nitrogen and oxygen atoms in total. The Morgan fingerprint density at radius 1 is 0.548 bits per heavy atom. The topological polar surface area (TPSA) is 0 Å². The SMILES string of the molecule is [CH2-]CCC.[CH2-]c1ccccc1.[CH2-]c1ccccc1.[CH2-]c1ccccc1.[Zr].c1cc[cH-]c1. The molecule has 0 aliphatic rings. The average molecular weight is 487 g/mol. The van der Waals surface area contributed by atoms with Crippen LogP contribution in [0.1, 0.15) is 36.5 Å². The zero-order valence-corrected chi connectivity index (χ0v) is 21.2. The number of hydrogen-bond donors (Lipinski definition) is 0. The zero-order chi connectivity index (χ0) is 22.3. The third-order valence-corrected chi connectivity index (χ3v) is 3.44. The van der Waals surface area contributed by atoms with Gasteiger partial charge in [0.2, 0.25) is 0 Å². The summed E-state index contributed by atoms with van der Waals surface area (Å²) in [5, 5.41) is 0. The van der Waals surface area contributed by atoms with Gasteiger partial charge in [-0.25, -0.2) is 12.1 Å². The molecule has 0 aromatic heterocycles. The first-order valence-electron chi connectivity index (χ1n) is 10.2. The minimum Gasteiger partial charge on any atom is -0.343 e. The third kappa shape index (κ3) is 23.6. The molecule has 0 N–H and O–H groups in total.